The Labute approximate surface area is 117 Å². The van der Waals surface area contributed by atoms with Crippen LogP contribution < -0.4 is 10.2 Å². The lowest BCUT2D eigenvalue weighted by molar-refractivity contribution is -0.132. The average molecular weight is 274 g/mol. The number of nitrogens with one attached hydrogen (secondary N) is 1. The number of anilines is 1. The molecule has 1 N–H and O–H groups in total. The maximum absolute atomic E-state index is 12.6. The zero-order valence-electron chi connectivity index (χ0n) is 11.3. The molecule has 1 aliphatic heterocycles. The summed E-state index contributed by atoms with van der Waals surface area (Å²) in [7, 11) is 0. The lowest BCUT2D eigenvalue weighted by Gasteiger charge is -2.37. The Morgan fingerprint density at radius 3 is 2.50 bits per heavy atom. The van der Waals surface area contributed by atoms with Crippen molar-refractivity contribution in [3.8, 4) is 0 Å². The van der Waals surface area contributed by atoms with E-state index in [0.29, 0.717) is 5.69 Å². The Morgan fingerprint density at radius 1 is 1.10 bits per heavy atom. The number of hydrogen-bond donors (Lipinski definition) is 1. The average Bonchev–Trinajstić information content (AvgIpc) is 2.51. The molecule has 1 aromatic rings. The highest BCUT2D eigenvalue weighted by atomic mass is 16.2. The van der Waals surface area contributed by atoms with Crippen LogP contribution in [0.1, 0.15) is 32.1 Å². The van der Waals surface area contributed by atoms with Crippen LogP contribution in [0.2, 0.25) is 0 Å². The number of piperazine rings is 1. The fourth-order valence-electron chi connectivity index (χ4n) is 3.11. The van der Waals surface area contributed by atoms with Crippen molar-refractivity contribution in [1.29, 1.82) is 0 Å². The normalized spacial score (nSPS) is 24.6. The summed E-state index contributed by atoms with van der Waals surface area (Å²) >= 11 is 0. The van der Waals surface area contributed by atoms with Crippen molar-refractivity contribution in [1.82, 2.24) is 15.3 Å². The van der Waals surface area contributed by atoms with Crippen LogP contribution >= 0.6 is 0 Å². The first-order valence-corrected chi connectivity index (χ1v) is 7.11. The Balaban J connectivity index is 1.82. The Bertz CT molecular complexity index is 499. The third-order valence-electron chi connectivity index (χ3n) is 4.13. The van der Waals surface area contributed by atoms with Gasteiger partial charge in [0.05, 0.1) is 18.1 Å². The number of nitrogens with zero attached hydrogens (tertiary/aromatic N) is 3. The Hall–Kier alpha value is -1.98. The first-order chi connectivity index (χ1) is 9.75. The summed E-state index contributed by atoms with van der Waals surface area (Å²) < 4.78 is 0. The SMILES string of the molecule is O=C1CN(c2cncnc2)C(=O)C(C2CCCCC2)N1. The number of carbonyl (C=O) groups is 2. The van der Waals surface area contributed by atoms with Crippen LogP contribution in [0.3, 0.4) is 0 Å². The molecule has 0 aromatic carbocycles. The predicted molar refractivity (Wildman–Crippen MR) is 72.9 cm³/mol. The largest absolute Gasteiger partial charge is 0.342 e. The molecule has 1 atom stereocenters. The molecule has 0 spiro atoms. The van der Waals surface area contributed by atoms with E-state index in [9.17, 15) is 9.59 Å². The summed E-state index contributed by atoms with van der Waals surface area (Å²) in [6.45, 7) is 0.0510. The topological polar surface area (TPSA) is 75.2 Å². The van der Waals surface area contributed by atoms with E-state index in [1.807, 2.05) is 0 Å². The Morgan fingerprint density at radius 2 is 1.80 bits per heavy atom. The lowest BCUT2D eigenvalue weighted by Crippen LogP contribution is -2.61. The molecule has 0 bridgehead atoms. The molecule has 1 unspecified atom stereocenters. The van der Waals surface area contributed by atoms with Gasteiger partial charge in [0.25, 0.3) is 0 Å². The summed E-state index contributed by atoms with van der Waals surface area (Å²) in [5.74, 6) is 0.114. The standard InChI is InChI=1S/C14H18N4O2/c19-12-8-18(11-6-15-9-16-7-11)14(20)13(17-12)10-4-2-1-3-5-10/h6-7,9-10,13H,1-5,8H2,(H,17,19). The first-order valence-electron chi connectivity index (χ1n) is 7.11. The molecule has 20 heavy (non-hydrogen) atoms. The molecule has 1 saturated heterocycles. The quantitative estimate of drug-likeness (QED) is 0.869. The highest BCUT2D eigenvalue weighted by molar-refractivity contribution is 6.06. The molecule has 6 heteroatoms. The second-order valence-corrected chi connectivity index (χ2v) is 5.46. The monoisotopic (exact) mass is 274 g/mol. The van der Waals surface area contributed by atoms with Gasteiger partial charge in [-0.05, 0) is 18.8 Å². The van der Waals surface area contributed by atoms with Crippen molar-refractivity contribution in [2.75, 3.05) is 11.4 Å². The van der Waals surface area contributed by atoms with Gasteiger partial charge < -0.3 is 5.32 Å². The van der Waals surface area contributed by atoms with Crippen molar-refractivity contribution in [2.24, 2.45) is 5.92 Å². The van der Waals surface area contributed by atoms with E-state index in [0.717, 1.165) is 25.7 Å². The van der Waals surface area contributed by atoms with Gasteiger partial charge in [0, 0.05) is 0 Å². The molecule has 2 amide bonds. The van der Waals surface area contributed by atoms with E-state index in [2.05, 4.69) is 15.3 Å². The molecule has 0 radical (unpaired) electrons. The van der Waals surface area contributed by atoms with Gasteiger partial charge in [0.1, 0.15) is 18.9 Å². The van der Waals surface area contributed by atoms with Gasteiger partial charge in [-0.15, -0.1) is 0 Å². The minimum atomic E-state index is -0.392. The van der Waals surface area contributed by atoms with Crippen molar-refractivity contribution in [3.05, 3.63) is 18.7 Å². The zero-order chi connectivity index (χ0) is 13.9. The second-order valence-electron chi connectivity index (χ2n) is 5.46. The molecule has 3 rings (SSSR count). The minimum absolute atomic E-state index is 0.0358. The smallest absolute Gasteiger partial charge is 0.250 e. The zero-order valence-corrected chi connectivity index (χ0v) is 11.3. The maximum atomic E-state index is 12.6. The third-order valence-corrected chi connectivity index (χ3v) is 4.13. The van der Waals surface area contributed by atoms with Gasteiger partial charge in [-0.1, -0.05) is 19.3 Å². The molecule has 1 aliphatic carbocycles. The molecule has 1 saturated carbocycles. The maximum Gasteiger partial charge on any atom is 0.250 e. The fourth-order valence-corrected chi connectivity index (χ4v) is 3.11. The second kappa shape index (κ2) is 5.56. The molecule has 2 fully saturated rings. The van der Waals surface area contributed by atoms with E-state index in [4.69, 9.17) is 0 Å². The third kappa shape index (κ3) is 2.50. The van der Waals surface area contributed by atoms with E-state index in [-0.39, 0.29) is 24.3 Å². The highest BCUT2D eigenvalue weighted by Crippen LogP contribution is 2.29. The highest BCUT2D eigenvalue weighted by Gasteiger charge is 2.38. The number of aromatic nitrogens is 2. The van der Waals surface area contributed by atoms with Gasteiger partial charge in [-0.25, -0.2) is 9.97 Å². The van der Waals surface area contributed by atoms with E-state index in [1.165, 1.54) is 17.6 Å². The van der Waals surface area contributed by atoms with E-state index in [1.54, 1.807) is 12.4 Å². The Kier molecular flexibility index (Phi) is 3.62. The first kappa shape index (κ1) is 13.0. The van der Waals surface area contributed by atoms with Crippen LogP contribution in [0.15, 0.2) is 18.7 Å². The van der Waals surface area contributed by atoms with Crippen LogP contribution in [0.5, 0.6) is 0 Å². The summed E-state index contributed by atoms with van der Waals surface area (Å²) in [5, 5.41) is 2.86. The van der Waals surface area contributed by atoms with Crippen molar-refractivity contribution in [2.45, 2.75) is 38.1 Å². The van der Waals surface area contributed by atoms with Crippen LogP contribution in [-0.4, -0.2) is 34.4 Å². The number of amides is 2. The van der Waals surface area contributed by atoms with Gasteiger partial charge in [0.15, 0.2) is 0 Å². The van der Waals surface area contributed by atoms with Crippen LogP contribution in [0.25, 0.3) is 0 Å². The summed E-state index contributed by atoms with van der Waals surface area (Å²) in [5.41, 5.74) is 0.591. The van der Waals surface area contributed by atoms with E-state index >= 15 is 0 Å². The molecule has 2 aliphatic rings. The van der Waals surface area contributed by atoms with Gasteiger partial charge in [-0.2, -0.15) is 0 Å². The van der Waals surface area contributed by atoms with Crippen LogP contribution in [0, 0.1) is 5.92 Å². The summed E-state index contributed by atoms with van der Waals surface area (Å²) in [6.07, 6.45) is 10.1. The van der Waals surface area contributed by atoms with Crippen LogP contribution in [-0.2, 0) is 9.59 Å². The predicted octanol–water partition coefficient (Wildman–Crippen LogP) is 0.888. The molecule has 106 valence electrons. The summed E-state index contributed by atoms with van der Waals surface area (Å²) in [4.78, 5) is 33.9. The number of hydrogen-bond acceptors (Lipinski definition) is 4. The van der Waals surface area contributed by atoms with Crippen molar-refractivity contribution in [3.63, 3.8) is 0 Å². The minimum Gasteiger partial charge on any atom is -0.342 e. The van der Waals surface area contributed by atoms with Crippen molar-refractivity contribution < 1.29 is 9.59 Å². The van der Waals surface area contributed by atoms with Crippen LogP contribution in [0.4, 0.5) is 5.69 Å². The lowest BCUT2D eigenvalue weighted by atomic mass is 9.82. The summed E-state index contributed by atoms with van der Waals surface area (Å²) in [6, 6.07) is -0.392. The molecule has 6 nitrogen and oxygen atoms in total. The number of carbonyl (C=O) groups excluding carboxylic acids is 2. The molecule has 2 heterocycles. The van der Waals surface area contributed by atoms with Gasteiger partial charge in [0.2, 0.25) is 11.8 Å². The van der Waals surface area contributed by atoms with Gasteiger partial charge >= 0.3 is 0 Å². The molecule has 1 aromatic heterocycles. The fraction of sp³-hybridized carbons (Fsp3) is 0.571. The molecular weight excluding hydrogens is 256 g/mol. The van der Waals surface area contributed by atoms with E-state index < -0.39 is 6.04 Å². The van der Waals surface area contributed by atoms with Gasteiger partial charge in [-0.3, -0.25) is 14.5 Å². The molecular formula is C14H18N4O2. The number of rotatable bonds is 2. The van der Waals surface area contributed by atoms with Crippen molar-refractivity contribution >= 4 is 17.5 Å².